The van der Waals surface area contributed by atoms with Gasteiger partial charge in [0.1, 0.15) is 8.07 Å². The van der Waals surface area contributed by atoms with Crippen LogP contribution in [-0.4, -0.2) is 14.0 Å². The number of carbonyl (C=O) groups is 1. The summed E-state index contributed by atoms with van der Waals surface area (Å²) in [5.41, 5.74) is 5.48. The summed E-state index contributed by atoms with van der Waals surface area (Å²) in [7, 11) is -1.32. The lowest BCUT2D eigenvalue weighted by molar-refractivity contribution is -0.119. The van der Waals surface area contributed by atoms with Crippen LogP contribution >= 0.6 is 0 Å². The van der Waals surface area contributed by atoms with Gasteiger partial charge in [-0.1, -0.05) is 37.7 Å². The topological polar surface area (TPSA) is 29.1 Å². The van der Waals surface area contributed by atoms with Crippen molar-refractivity contribution >= 4 is 14.0 Å². The van der Waals surface area contributed by atoms with Gasteiger partial charge in [-0.3, -0.25) is 4.79 Å². The summed E-state index contributed by atoms with van der Waals surface area (Å²) in [5, 5.41) is 2.87. The number of hydrogen-bond acceptors (Lipinski definition) is 1. The molecule has 96 valence electrons. The summed E-state index contributed by atoms with van der Waals surface area (Å²) in [6.45, 7) is 10.2. The molecule has 0 radical (unpaired) electrons. The lowest BCUT2D eigenvalue weighted by Crippen LogP contribution is -2.23. The minimum absolute atomic E-state index is 0.00917. The molecule has 0 saturated carbocycles. The van der Waals surface area contributed by atoms with Crippen LogP contribution in [0.5, 0.6) is 0 Å². The SMILES string of the molecule is CC(=O)N[C@H](C)c1ccc(C#C[Si](C)(C)C)cc1. The number of carbonyl (C=O) groups excluding carboxylic acids is 1. The molecule has 0 fully saturated rings. The Labute approximate surface area is 111 Å². The fourth-order valence-electron chi connectivity index (χ4n) is 1.50. The van der Waals surface area contributed by atoms with Crippen LogP contribution < -0.4 is 5.32 Å². The third-order valence-electron chi connectivity index (χ3n) is 2.41. The van der Waals surface area contributed by atoms with E-state index in [1.165, 1.54) is 6.92 Å². The van der Waals surface area contributed by atoms with Gasteiger partial charge in [-0.2, -0.15) is 0 Å². The Morgan fingerprint density at radius 2 is 1.78 bits per heavy atom. The Hall–Kier alpha value is -1.53. The number of nitrogens with one attached hydrogen (secondary N) is 1. The normalized spacial score (nSPS) is 12.3. The third kappa shape index (κ3) is 5.20. The molecular formula is C15H21NOSi. The van der Waals surface area contributed by atoms with Gasteiger partial charge < -0.3 is 5.32 Å². The van der Waals surface area contributed by atoms with Crippen LogP contribution in [0.2, 0.25) is 19.6 Å². The van der Waals surface area contributed by atoms with Crippen molar-refractivity contribution in [3.05, 3.63) is 35.4 Å². The van der Waals surface area contributed by atoms with E-state index in [4.69, 9.17) is 0 Å². The van der Waals surface area contributed by atoms with Crippen molar-refractivity contribution < 1.29 is 4.79 Å². The van der Waals surface area contributed by atoms with Gasteiger partial charge in [0.05, 0.1) is 6.04 Å². The first-order valence-electron chi connectivity index (χ1n) is 6.18. The highest BCUT2D eigenvalue weighted by Crippen LogP contribution is 2.13. The maximum absolute atomic E-state index is 11.0. The van der Waals surface area contributed by atoms with E-state index in [1.807, 2.05) is 31.2 Å². The molecule has 0 spiro atoms. The smallest absolute Gasteiger partial charge is 0.217 e. The first-order valence-corrected chi connectivity index (χ1v) is 9.68. The van der Waals surface area contributed by atoms with E-state index >= 15 is 0 Å². The van der Waals surface area contributed by atoms with Crippen molar-refractivity contribution in [3.8, 4) is 11.5 Å². The van der Waals surface area contributed by atoms with Crippen LogP contribution in [0.25, 0.3) is 0 Å². The second-order valence-corrected chi connectivity index (χ2v) is 10.3. The summed E-state index contributed by atoms with van der Waals surface area (Å²) < 4.78 is 0. The van der Waals surface area contributed by atoms with Crippen molar-refractivity contribution in [1.82, 2.24) is 5.32 Å². The molecule has 2 nitrogen and oxygen atoms in total. The molecule has 0 aliphatic carbocycles. The summed E-state index contributed by atoms with van der Waals surface area (Å²) in [4.78, 5) is 11.0. The molecule has 0 saturated heterocycles. The average Bonchev–Trinajstić information content (AvgIpc) is 2.25. The van der Waals surface area contributed by atoms with E-state index in [2.05, 4.69) is 36.4 Å². The zero-order chi connectivity index (χ0) is 13.8. The molecule has 0 bridgehead atoms. The molecule has 1 amide bonds. The zero-order valence-electron chi connectivity index (χ0n) is 11.8. The van der Waals surface area contributed by atoms with E-state index in [0.29, 0.717) is 0 Å². The Morgan fingerprint density at radius 3 is 2.22 bits per heavy atom. The van der Waals surface area contributed by atoms with Crippen molar-refractivity contribution in [2.24, 2.45) is 0 Å². The molecule has 1 rings (SSSR count). The lowest BCUT2D eigenvalue weighted by Gasteiger charge is -2.12. The molecular weight excluding hydrogens is 238 g/mol. The van der Waals surface area contributed by atoms with Gasteiger partial charge >= 0.3 is 0 Å². The van der Waals surface area contributed by atoms with Gasteiger partial charge in [-0.15, -0.1) is 5.54 Å². The molecule has 0 aliphatic heterocycles. The zero-order valence-corrected chi connectivity index (χ0v) is 12.8. The van der Waals surface area contributed by atoms with Crippen LogP contribution in [0.1, 0.15) is 31.0 Å². The molecule has 18 heavy (non-hydrogen) atoms. The van der Waals surface area contributed by atoms with Crippen LogP contribution in [0.15, 0.2) is 24.3 Å². The minimum atomic E-state index is -1.32. The predicted octanol–water partition coefficient (Wildman–Crippen LogP) is 3.11. The second kappa shape index (κ2) is 5.88. The fourth-order valence-corrected chi connectivity index (χ4v) is 2.02. The van der Waals surface area contributed by atoms with E-state index in [0.717, 1.165) is 11.1 Å². The Kier molecular flexibility index (Phi) is 4.74. The van der Waals surface area contributed by atoms with E-state index in [-0.39, 0.29) is 11.9 Å². The van der Waals surface area contributed by atoms with Crippen molar-refractivity contribution in [1.29, 1.82) is 0 Å². The van der Waals surface area contributed by atoms with Crippen molar-refractivity contribution in [2.45, 2.75) is 39.5 Å². The summed E-state index contributed by atoms with van der Waals surface area (Å²) in [6, 6.07) is 8.12. The van der Waals surface area contributed by atoms with Crippen LogP contribution in [0.3, 0.4) is 0 Å². The van der Waals surface area contributed by atoms with Crippen LogP contribution in [0.4, 0.5) is 0 Å². The molecule has 1 aromatic carbocycles. The summed E-state index contributed by atoms with van der Waals surface area (Å²) >= 11 is 0. The molecule has 3 heteroatoms. The van der Waals surface area contributed by atoms with Gasteiger partial charge in [0.15, 0.2) is 0 Å². The second-order valence-electron chi connectivity index (χ2n) is 5.54. The van der Waals surface area contributed by atoms with Crippen molar-refractivity contribution in [3.63, 3.8) is 0 Å². The molecule has 1 atom stereocenters. The summed E-state index contributed by atoms with van der Waals surface area (Å²) in [6.07, 6.45) is 0. The first kappa shape index (κ1) is 14.5. The Balaban J connectivity index is 2.79. The first-order chi connectivity index (χ1) is 8.28. The molecule has 1 aromatic rings. The van der Waals surface area contributed by atoms with Gasteiger partial charge in [0, 0.05) is 12.5 Å². The Morgan fingerprint density at radius 1 is 1.22 bits per heavy atom. The number of rotatable bonds is 2. The van der Waals surface area contributed by atoms with E-state index in [1.54, 1.807) is 0 Å². The van der Waals surface area contributed by atoms with E-state index < -0.39 is 8.07 Å². The average molecular weight is 259 g/mol. The van der Waals surface area contributed by atoms with Gasteiger partial charge in [-0.05, 0) is 24.6 Å². The lowest BCUT2D eigenvalue weighted by atomic mass is 10.1. The third-order valence-corrected chi connectivity index (χ3v) is 3.29. The van der Waals surface area contributed by atoms with Crippen LogP contribution in [-0.2, 0) is 4.79 Å². The fraction of sp³-hybridized carbons (Fsp3) is 0.400. The number of amides is 1. The molecule has 0 aromatic heterocycles. The maximum Gasteiger partial charge on any atom is 0.217 e. The van der Waals surface area contributed by atoms with E-state index in [9.17, 15) is 4.79 Å². The summed E-state index contributed by atoms with van der Waals surface area (Å²) in [5.74, 6) is 3.21. The molecule has 0 heterocycles. The van der Waals surface area contributed by atoms with Gasteiger partial charge in [-0.25, -0.2) is 0 Å². The van der Waals surface area contributed by atoms with Crippen LogP contribution in [0, 0.1) is 11.5 Å². The Bertz CT molecular complexity index is 474. The highest BCUT2D eigenvalue weighted by molar-refractivity contribution is 6.83. The largest absolute Gasteiger partial charge is 0.350 e. The van der Waals surface area contributed by atoms with Crippen molar-refractivity contribution in [2.75, 3.05) is 0 Å². The monoisotopic (exact) mass is 259 g/mol. The standard InChI is InChI=1S/C15H21NOSi/c1-12(16-13(2)17)15-8-6-14(7-9-15)10-11-18(3,4)5/h6-9,12H,1-5H3,(H,16,17)/t12-/m1/s1. The highest BCUT2D eigenvalue weighted by atomic mass is 28.3. The molecule has 0 aliphatic rings. The molecule has 1 N–H and O–H groups in total. The quantitative estimate of drug-likeness (QED) is 0.642. The maximum atomic E-state index is 11.0. The predicted molar refractivity (Wildman–Crippen MR) is 78.9 cm³/mol. The highest BCUT2D eigenvalue weighted by Gasteiger charge is 2.08. The van der Waals surface area contributed by atoms with Gasteiger partial charge in [0.25, 0.3) is 0 Å². The number of benzene rings is 1. The molecule has 0 unspecified atom stereocenters. The minimum Gasteiger partial charge on any atom is -0.350 e. The number of hydrogen-bond donors (Lipinski definition) is 1. The van der Waals surface area contributed by atoms with Gasteiger partial charge in [0.2, 0.25) is 5.91 Å².